The first-order valence-electron chi connectivity index (χ1n) is 6.83. The summed E-state index contributed by atoms with van der Waals surface area (Å²) in [6.07, 6.45) is 2.07. The minimum Gasteiger partial charge on any atom is -0.496 e. The number of carboxylic acids is 1. The fraction of sp³-hybridized carbons (Fsp3) is 0.250. The SMILES string of the molecule is COc1cc(NC(=O)CCCc2cccs2)ccc1C(=O)O. The summed E-state index contributed by atoms with van der Waals surface area (Å²) >= 11 is 1.68. The number of thiophene rings is 1. The Kier molecular flexibility index (Phi) is 5.55. The number of carbonyl (C=O) groups excluding carboxylic acids is 1. The van der Waals surface area contributed by atoms with E-state index in [-0.39, 0.29) is 17.2 Å². The van der Waals surface area contributed by atoms with Crippen molar-refractivity contribution in [2.24, 2.45) is 0 Å². The Hall–Kier alpha value is -2.34. The van der Waals surface area contributed by atoms with E-state index < -0.39 is 5.97 Å². The van der Waals surface area contributed by atoms with Crippen LogP contribution in [0.4, 0.5) is 5.69 Å². The summed E-state index contributed by atoms with van der Waals surface area (Å²) in [6, 6.07) is 8.54. The van der Waals surface area contributed by atoms with Gasteiger partial charge in [0.15, 0.2) is 0 Å². The number of carbonyl (C=O) groups is 2. The van der Waals surface area contributed by atoms with Gasteiger partial charge in [-0.05, 0) is 36.4 Å². The zero-order chi connectivity index (χ0) is 15.9. The average Bonchev–Trinajstić information content (AvgIpc) is 3.00. The van der Waals surface area contributed by atoms with E-state index in [1.54, 1.807) is 17.4 Å². The normalized spacial score (nSPS) is 10.2. The van der Waals surface area contributed by atoms with Crippen molar-refractivity contribution in [3.8, 4) is 5.75 Å². The summed E-state index contributed by atoms with van der Waals surface area (Å²) < 4.78 is 5.03. The summed E-state index contributed by atoms with van der Waals surface area (Å²) in [5, 5.41) is 13.8. The van der Waals surface area contributed by atoms with Crippen LogP contribution < -0.4 is 10.1 Å². The highest BCUT2D eigenvalue weighted by atomic mass is 32.1. The third kappa shape index (κ3) is 4.33. The lowest BCUT2D eigenvalue weighted by Crippen LogP contribution is -2.12. The van der Waals surface area contributed by atoms with E-state index in [1.165, 1.54) is 24.1 Å². The van der Waals surface area contributed by atoms with Crippen molar-refractivity contribution < 1.29 is 19.4 Å². The molecule has 0 unspecified atom stereocenters. The van der Waals surface area contributed by atoms with Gasteiger partial charge in [-0.25, -0.2) is 4.79 Å². The van der Waals surface area contributed by atoms with Crippen LogP contribution in [0, 0.1) is 0 Å². The molecule has 1 aromatic heterocycles. The number of hydrogen-bond acceptors (Lipinski definition) is 4. The number of nitrogens with one attached hydrogen (secondary N) is 1. The number of benzene rings is 1. The lowest BCUT2D eigenvalue weighted by molar-refractivity contribution is -0.116. The molecule has 0 radical (unpaired) electrons. The summed E-state index contributed by atoms with van der Waals surface area (Å²) in [5.74, 6) is -0.934. The smallest absolute Gasteiger partial charge is 0.339 e. The monoisotopic (exact) mass is 319 g/mol. The molecule has 1 amide bonds. The Morgan fingerprint density at radius 3 is 2.77 bits per heavy atom. The number of hydrogen-bond donors (Lipinski definition) is 2. The molecule has 0 atom stereocenters. The number of amides is 1. The highest BCUT2D eigenvalue weighted by Gasteiger charge is 2.12. The van der Waals surface area contributed by atoms with Crippen LogP contribution in [0.5, 0.6) is 5.75 Å². The van der Waals surface area contributed by atoms with Crippen LogP contribution in [-0.4, -0.2) is 24.1 Å². The van der Waals surface area contributed by atoms with Gasteiger partial charge in [-0.3, -0.25) is 4.79 Å². The quantitative estimate of drug-likeness (QED) is 0.820. The summed E-state index contributed by atoms with van der Waals surface area (Å²) in [5.41, 5.74) is 0.598. The molecule has 1 aromatic carbocycles. The maximum atomic E-state index is 11.9. The Labute approximate surface area is 132 Å². The van der Waals surface area contributed by atoms with Crippen molar-refractivity contribution in [2.75, 3.05) is 12.4 Å². The third-order valence-electron chi connectivity index (χ3n) is 3.12. The summed E-state index contributed by atoms with van der Waals surface area (Å²) in [6.45, 7) is 0. The number of aromatic carboxylic acids is 1. The number of rotatable bonds is 7. The molecule has 0 fully saturated rings. The van der Waals surface area contributed by atoms with Crippen LogP contribution in [0.25, 0.3) is 0 Å². The molecule has 0 saturated carbocycles. The second-order valence-corrected chi connectivity index (χ2v) is 5.73. The van der Waals surface area contributed by atoms with Gasteiger partial charge in [-0.2, -0.15) is 0 Å². The summed E-state index contributed by atoms with van der Waals surface area (Å²) in [7, 11) is 1.40. The molecule has 5 nitrogen and oxygen atoms in total. The minimum atomic E-state index is -1.06. The first kappa shape index (κ1) is 16.0. The maximum absolute atomic E-state index is 11.9. The fourth-order valence-electron chi connectivity index (χ4n) is 2.05. The van der Waals surface area contributed by atoms with Crippen molar-refractivity contribution in [3.63, 3.8) is 0 Å². The van der Waals surface area contributed by atoms with E-state index in [2.05, 4.69) is 11.4 Å². The number of methoxy groups -OCH3 is 1. The topological polar surface area (TPSA) is 75.6 Å². The lowest BCUT2D eigenvalue weighted by Gasteiger charge is -2.09. The Balaban J connectivity index is 1.89. The largest absolute Gasteiger partial charge is 0.496 e. The molecule has 0 spiro atoms. The highest BCUT2D eigenvalue weighted by Crippen LogP contribution is 2.23. The minimum absolute atomic E-state index is 0.0678. The Morgan fingerprint density at radius 1 is 1.32 bits per heavy atom. The molecule has 1 heterocycles. The summed E-state index contributed by atoms with van der Waals surface area (Å²) in [4.78, 5) is 24.2. The molecule has 0 aliphatic heterocycles. The van der Waals surface area contributed by atoms with E-state index in [4.69, 9.17) is 9.84 Å². The van der Waals surface area contributed by atoms with Gasteiger partial charge in [-0.1, -0.05) is 6.07 Å². The van der Waals surface area contributed by atoms with Crippen LogP contribution in [0.2, 0.25) is 0 Å². The van der Waals surface area contributed by atoms with E-state index in [1.807, 2.05) is 11.4 Å². The van der Waals surface area contributed by atoms with Crippen molar-refractivity contribution >= 4 is 28.9 Å². The van der Waals surface area contributed by atoms with Crippen molar-refractivity contribution in [3.05, 3.63) is 46.2 Å². The van der Waals surface area contributed by atoms with Gasteiger partial charge in [0.05, 0.1) is 7.11 Å². The van der Waals surface area contributed by atoms with E-state index in [0.29, 0.717) is 12.1 Å². The van der Waals surface area contributed by atoms with E-state index in [9.17, 15) is 9.59 Å². The molecule has 0 bridgehead atoms. The van der Waals surface area contributed by atoms with Gasteiger partial charge < -0.3 is 15.2 Å². The third-order valence-corrected chi connectivity index (χ3v) is 4.06. The number of carboxylic acid groups (broad SMARTS) is 1. The molecule has 2 aromatic rings. The molecule has 2 rings (SSSR count). The Bertz CT molecular complexity index is 652. The van der Waals surface area contributed by atoms with Gasteiger partial charge in [0.2, 0.25) is 5.91 Å². The predicted octanol–water partition coefficient (Wildman–Crippen LogP) is 3.42. The zero-order valence-corrected chi connectivity index (χ0v) is 13.0. The van der Waals surface area contributed by atoms with Gasteiger partial charge >= 0.3 is 5.97 Å². The molecule has 0 aliphatic carbocycles. The standard InChI is InChI=1S/C16H17NO4S/c1-21-14-10-11(7-8-13(14)16(19)20)17-15(18)6-2-4-12-5-3-9-22-12/h3,5,7-10H,2,4,6H2,1H3,(H,17,18)(H,19,20). The fourth-order valence-corrected chi connectivity index (χ4v) is 2.80. The van der Waals surface area contributed by atoms with Crippen LogP contribution in [0.15, 0.2) is 35.7 Å². The molecular formula is C16H17NO4S. The van der Waals surface area contributed by atoms with Crippen molar-refractivity contribution in [2.45, 2.75) is 19.3 Å². The molecular weight excluding hydrogens is 302 g/mol. The molecule has 22 heavy (non-hydrogen) atoms. The molecule has 116 valence electrons. The molecule has 6 heteroatoms. The van der Waals surface area contributed by atoms with E-state index >= 15 is 0 Å². The number of aryl methyl sites for hydroxylation is 1. The second-order valence-electron chi connectivity index (χ2n) is 4.70. The molecule has 0 saturated heterocycles. The molecule has 2 N–H and O–H groups in total. The average molecular weight is 319 g/mol. The molecule has 0 aliphatic rings. The van der Waals surface area contributed by atoms with Gasteiger partial charge in [0, 0.05) is 23.1 Å². The van der Waals surface area contributed by atoms with Crippen LogP contribution >= 0.6 is 11.3 Å². The highest BCUT2D eigenvalue weighted by molar-refractivity contribution is 7.09. The maximum Gasteiger partial charge on any atom is 0.339 e. The Morgan fingerprint density at radius 2 is 2.14 bits per heavy atom. The van der Waals surface area contributed by atoms with Crippen LogP contribution in [0.1, 0.15) is 28.1 Å². The first-order chi connectivity index (χ1) is 10.6. The van der Waals surface area contributed by atoms with Crippen molar-refractivity contribution in [1.82, 2.24) is 0 Å². The van der Waals surface area contributed by atoms with Crippen molar-refractivity contribution in [1.29, 1.82) is 0 Å². The second kappa shape index (κ2) is 7.61. The van der Waals surface area contributed by atoms with Crippen LogP contribution in [-0.2, 0) is 11.2 Å². The van der Waals surface area contributed by atoms with Gasteiger partial charge in [0.25, 0.3) is 0 Å². The van der Waals surface area contributed by atoms with Gasteiger partial charge in [-0.15, -0.1) is 11.3 Å². The van der Waals surface area contributed by atoms with E-state index in [0.717, 1.165) is 12.8 Å². The van der Waals surface area contributed by atoms with Crippen LogP contribution in [0.3, 0.4) is 0 Å². The first-order valence-corrected chi connectivity index (χ1v) is 7.71. The van der Waals surface area contributed by atoms with Gasteiger partial charge in [0.1, 0.15) is 11.3 Å². The number of anilines is 1. The zero-order valence-electron chi connectivity index (χ0n) is 12.2. The number of ether oxygens (including phenoxy) is 1. The lowest BCUT2D eigenvalue weighted by atomic mass is 10.1. The predicted molar refractivity (Wildman–Crippen MR) is 85.8 cm³/mol.